The van der Waals surface area contributed by atoms with E-state index in [2.05, 4.69) is 47.6 Å². The van der Waals surface area contributed by atoms with Crippen LogP contribution in [0.4, 0.5) is 0 Å². The molecule has 0 aromatic heterocycles. The summed E-state index contributed by atoms with van der Waals surface area (Å²) in [6.07, 6.45) is 16.5. The molecule has 0 aliphatic heterocycles. The number of fused-ring (bicyclic) bond motifs is 5. The molecule has 0 radical (unpaired) electrons. The molecule has 7 unspecified atom stereocenters. The van der Waals surface area contributed by atoms with Crippen LogP contribution in [-0.2, 0) is 0 Å². The smallest absolute Gasteiger partial charge is 0.0577 e. The molecule has 3 fully saturated rings. The molecule has 2 nitrogen and oxygen atoms in total. The summed E-state index contributed by atoms with van der Waals surface area (Å²) in [4.78, 5) is 0. The van der Waals surface area contributed by atoms with Crippen LogP contribution in [0.15, 0.2) is 11.6 Å². The third-order valence-corrected chi connectivity index (χ3v) is 9.91. The van der Waals surface area contributed by atoms with E-state index in [4.69, 9.17) is 0 Å². The van der Waals surface area contributed by atoms with Gasteiger partial charge in [-0.3, -0.25) is 0 Å². The highest BCUT2D eigenvalue weighted by atomic mass is 16.3. The lowest BCUT2D eigenvalue weighted by atomic mass is 9.47. The number of hydrogen-bond acceptors (Lipinski definition) is 2. The third kappa shape index (κ3) is 5.11. The molecule has 0 aromatic rings. The number of aliphatic hydroxyl groups is 2. The van der Waals surface area contributed by atoms with Crippen LogP contribution in [0.3, 0.4) is 0 Å². The number of aliphatic hydroxyl groups excluding tert-OH is 2. The van der Waals surface area contributed by atoms with Gasteiger partial charge in [-0.25, -0.2) is 0 Å². The van der Waals surface area contributed by atoms with Crippen LogP contribution in [0, 0.1) is 40.4 Å². The van der Waals surface area contributed by atoms with Crippen molar-refractivity contribution in [3.63, 3.8) is 0 Å². The Balaban J connectivity index is 0.000000858. The van der Waals surface area contributed by atoms with Crippen molar-refractivity contribution in [3.8, 4) is 0 Å². The van der Waals surface area contributed by atoms with Gasteiger partial charge in [-0.15, -0.1) is 0 Å². The predicted octanol–water partition coefficient (Wildman–Crippen LogP) is 7.53. The fourth-order valence-corrected chi connectivity index (χ4v) is 8.11. The van der Waals surface area contributed by atoms with Gasteiger partial charge in [0.05, 0.1) is 12.2 Å². The molecule has 8 atom stereocenters. The summed E-state index contributed by atoms with van der Waals surface area (Å²) >= 11 is 0. The lowest BCUT2D eigenvalue weighted by Gasteiger charge is -2.58. The van der Waals surface area contributed by atoms with Gasteiger partial charge in [-0.2, -0.15) is 0 Å². The second-order valence-corrected chi connectivity index (χ2v) is 12.5. The van der Waals surface area contributed by atoms with E-state index in [0.29, 0.717) is 22.7 Å². The average Bonchev–Trinajstić information content (AvgIpc) is 3.04. The predicted molar refractivity (Wildman–Crippen MR) is 132 cm³/mol. The van der Waals surface area contributed by atoms with Gasteiger partial charge in [0.2, 0.25) is 0 Å². The van der Waals surface area contributed by atoms with E-state index in [1.807, 2.05) is 0 Å². The third-order valence-electron chi connectivity index (χ3n) is 9.91. The lowest BCUT2D eigenvalue weighted by Crippen LogP contribution is -2.50. The summed E-state index contributed by atoms with van der Waals surface area (Å²) in [5, 5.41) is 20.9. The van der Waals surface area contributed by atoms with Crippen LogP contribution in [-0.4, -0.2) is 22.4 Å². The van der Waals surface area contributed by atoms with Crippen LogP contribution in [0.2, 0.25) is 0 Å². The zero-order valence-electron chi connectivity index (χ0n) is 21.5. The maximum atomic E-state index is 10.7. The van der Waals surface area contributed by atoms with Crippen molar-refractivity contribution in [2.75, 3.05) is 0 Å². The van der Waals surface area contributed by atoms with Gasteiger partial charge < -0.3 is 10.2 Å². The summed E-state index contributed by atoms with van der Waals surface area (Å²) in [6.45, 7) is 13.9. The highest BCUT2D eigenvalue weighted by molar-refractivity contribution is 5.25. The molecule has 0 saturated heterocycles. The summed E-state index contributed by atoms with van der Waals surface area (Å²) in [5.41, 5.74) is 2.36. The summed E-state index contributed by atoms with van der Waals surface area (Å²) < 4.78 is 0. The molecule has 0 amide bonds. The second-order valence-electron chi connectivity index (χ2n) is 12.5. The van der Waals surface area contributed by atoms with Crippen LogP contribution in [0.25, 0.3) is 0 Å². The standard InChI is InChI=1S/C26H44O2.C3H8/c1-17(2)5-8-20(27)15-19-7-10-23-22-9-6-18-16-21(28)11-13-25(18,3)24(22)12-14-26(19,23)4;1-3-2/h6,17,19-24,27-28H,5,7-16H2,1-4H3;3H2,1-2H3/t19-,20?,21?,22?,23?,24?,25?,26?;/m1./s1. The van der Waals surface area contributed by atoms with Gasteiger partial charge in [0, 0.05) is 0 Å². The maximum absolute atomic E-state index is 10.7. The minimum absolute atomic E-state index is 0.101. The van der Waals surface area contributed by atoms with E-state index in [-0.39, 0.29) is 12.2 Å². The monoisotopic (exact) mass is 432 g/mol. The first-order valence-corrected chi connectivity index (χ1v) is 13.7. The van der Waals surface area contributed by atoms with Crippen LogP contribution >= 0.6 is 0 Å². The topological polar surface area (TPSA) is 40.5 Å². The van der Waals surface area contributed by atoms with E-state index in [1.54, 1.807) is 5.57 Å². The molecule has 2 heteroatoms. The Morgan fingerprint density at radius 1 is 1.00 bits per heavy atom. The molecule has 2 N–H and O–H groups in total. The van der Waals surface area contributed by atoms with Crippen molar-refractivity contribution >= 4 is 0 Å². The molecule has 4 aliphatic rings. The van der Waals surface area contributed by atoms with E-state index < -0.39 is 0 Å². The number of allylic oxidation sites excluding steroid dienone is 1. The van der Waals surface area contributed by atoms with E-state index in [0.717, 1.165) is 49.9 Å². The lowest BCUT2D eigenvalue weighted by molar-refractivity contribution is -0.0557. The maximum Gasteiger partial charge on any atom is 0.0577 e. The fourth-order valence-electron chi connectivity index (χ4n) is 8.11. The van der Waals surface area contributed by atoms with Crippen molar-refractivity contribution < 1.29 is 10.2 Å². The second kappa shape index (κ2) is 10.3. The Labute approximate surface area is 193 Å². The molecule has 3 saturated carbocycles. The molecule has 180 valence electrons. The van der Waals surface area contributed by atoms with Crippen molar-refractivity contribution in [1.29, 1.82) is 0 Å². The van der Waals surface area contributed by atoms with Gasteiger partial charge >= 0.3 is 0 Å². The molecule has 4 aliphatic carbocycles. The van der Waals surface area contributed by atoms with Crippen LogP contribution in [0.1, 0.15) is 119 Å². The highest BCUT2D eigenvalue weighted by Gasteiger charge is 2.58. The Morgan fingerprint density at radius 2 is 1.71 bits per heavy atom. The molecule has 0 aromatic carbocycles. The molecule has 31 heavy (non-hydrogen) atoms. The van der Waals surface area contributed by atoms with Crippen molar-refractivity contribution in [2.45, 2.75) is 131 Å². The molecule has 4 rings (SSSR count). The van der Waals surface area contributed by atoms with Crippen LogP contribution in [0.5, 0.6) is 0 Å². The fraction of sp³-hybridized carbons (Fsp3) is 0.931. The molecular weight excluding hydrogens is 380 g/mol. The minimum Gasteiger partial charge on any atom is -0.393 e. The molecule has 0 heterocycles. The Hall–Kier alpha value is -0.340. The van der Waals surface area contributed by atoms with Crippen molar-refractivity contribution in [3.05, 3.63) is 11.6 Å². The zero-order chi connectivity index (χ0) is 22.8. The Bertz CT molecular complexity index is 610. The normalized spacial score (nSPS) is 42.6. The summed E-state index contributed by atoms with van der Waals surface area (Å²) in [7, 11) is 0. The first-order chi connectivity index (χ1) is 14.7. The van der Waals surface area contributed by atoms with Crippen molar-refractivity contribution in [2.24, 2.45) is 40.4 Å². The number of rotatable bonds is 5. The SMILES string of the molecule is CC(C)CCC(O)C[C@H]1CCC2C3CC=C4CC(O)CCC4(C)C3CCC21C.CCC. The highest BCUT2D eigenvalue weighted by Crippen LogP contribution is 2.66. The van der Waals surface area contributed by atoms with Gasteiger partial charge in [0.15, 0.2) is 0 Å². The van der Waals surface area contributed by atoms with E-state index >= 15 is 0 Å². The van der Waals surface area contributed by atoms with E-state index in [9.17, 15) is 10.2 Å². The quantitative estimate of drug-likeness (QED) is 0.441. The van der Waals surface area contributed by atoms with Gasteiger partial charge in [-0.1, -0.05) is 59.6 Å². The van der Waals surface area contributed by atoms with Crippen molar-refractivity contribution in [1.82, 2.24) is 0 Å². The van der Waals surface area contributed by atoms with E-state index in [1.165, 1.54) is 44.9 Å². The van der Waals surface area contributed by atoms with Gasteiger partial charge in [-0.05, 0) is 111 Å². The first kappa shape index (κ1) is 25.3. The van der Waals surface area contributed by atoms with Crippen LogP contribution < -0.4 is 0 Å². The van der Waals surface area contributed by atoms with Gasteiger partial charge in [0.25, 0.3) is 0 Å². The zero-order valence-corrected chi connectivity index (χ0v) is 21.5. The number of hydrogen-bond donors (Lipinski definition) is 2. The largest absolute Gasteiger partial charge is 0.393 e. The molecule has 0 bridgehead atoms. The Morgan fingerprint density at radius 3 is 2.39 bits per heavy atom. The van der Waals surface area contributed by atoms with Gasteiger partial charge in [0.1, 0.15) is 0 Å². The first-order valence-electron chi connectivity index (χ1n) is 13.7. The minimum atomic E-state index is -0.104. The summed E-state index contributed by atoms with van der Waals surface area (Å²) in [6, 6.07) is 0. The molecule has 0 spiro atoms. The Kier molecular flexibility index (Phi) is 8.39. The summed E-state index contributed by atoms with van der Waals surface area (Å²) in [5.74, 6) is 3.90. The molecular formula is C29H52O2. The average molecular weight is 433 g/mol.